The van der Waals surface area contributed by atoms with Gasteiger partial charge in [-0.3, -0.25) is 14.9 Å². The second kappa shape index (κ2) is 10.1. The van der Waals surface area contributed by atoms with E-state index in [4.69, 9.17) is 4.74 Å². The van der Waals surface area contributed by atoms with Crippen LogP contribution in [0.25, 0.3) is 0 Å². The van der Waals surface area contributed by atoms with Crippen LogP contribution in [0.4, 0.5) is 17.1 Å². The third-order valence-electron chi connectivity index (χ3n) is 6.37. The first kappa shape index (κ1) is 24.1. The average molecular weight is 489 g/mol. The first-order valence-electron chi connectivity index (χ1n) is 11.3. The van der Waals surface area contributed by atoms with Crippen molar-refractivity contribution in [3.8, 4) is 0 Å². The summed E-state index contributed by atoms with van der Waals surface area (Å²) in [7, 11) is -1.88. The first-order chi connectivity index (χ1) is 16.3. The van der Waals surface area contributed by atoms with E-state index in [1.54, 1.807) is 19.2 Å². The Morgan fingerprint density at radius 2 is 1.71 bits per heavy atom. The molecule has 0 aliphatic carbocycles. The topological polar surface area (TPSA) is 122 Å². The van der Waals surface area contributed by atoms with Gasteiger partial charge in [-0.25, -0.2) is 8.42 Å². The molecular formula is C23H28N4O6S. The van der Waals surface area contributed by atoms with E-state index in [0.29, 0.717) is 37.6 Å². The van der Waals surface area contributed by atoms with Gasteiger partial charge in [0.25, 0.3) is 11.6 Å². The average Bonchev–Trinajstić information content (AvgIpc) is 3.40. The highest BCUT2D eigenvalue weighted by Crippen LogP contribution is 2.32. The van der Waals surface area contributed by atoms with Crippen molar-refractivity contribution in [1.29, 1.82) is 0 Å². The van der Waals surface area contributed by atoms with Gasteiger partial charge in [0, 0.05) is 50.6 Å². The number of carbonyl (C=O) groups is 1. The molecule has 2 fully saturated rings. The monoisotopic (exact) mass is 488 g/mol. The Balaban J connectivity index is 1.47. The van der Waals surface area contributed by atoms with Crippen LogP contribution in [-0.4, -0.2) is 62.9 Å². The standard InChI is InChI=1S/C23H28N4O6S/c1-33-19-10-14-25(15-11-19)21-9-4-17(16-22(21)27(29)30)23(28)24-18-5-7-20(8-6-18)34(31,32)26-12-2-3-13-26/h4-9,16,19H,2-3,10-15H2,1H3,(H,24,28). The minimum Gasteiger partial charge on any atom is -0.381 e. The molecule has 2 aromatic carbocycles. The summed E-state index contributed by atoms with van der Waals surface area (Å²) >= 11 is 0. The highest BCUT2D eigenvalue weighted by atomic mass is 32.2. The lowest BCUT2D eigenvalue weighted by Crippen LogP contribution is -2.37. The Labute approximate surface area is 198 Å². The lowest BCUT2D eigenvalue weighted by molar-refractivity contribution is -0.384. The lowest BCUT2D eigenvalue weighted by Gasteiger charge is -2.32. The van der Waals surface area contributed by atoms with Crippen LogP contribution in [0.5, 0.6) is 0 Å². The van der Waals surface area contributed by atoms with Crippen LogP contribution in [0.2, 0.25) is 0 Å². The molecule has 0 unspecified atom stereocenters. The molecule has 0 spiro atoms. The number of hydrogen-bond acceptors (Lipinski definition) is 7. The van der Waals surface area contributed by atoms with Crippen molar-refractivity contribution in [2.24, 2.45) is 0 Å². The molecule has 2 aliphatic rings. The number of hydrogen-bond donors (Lipinski definition) is 1. The largest absolute Gasteiger partial charge is 0.381 e. The molecule has 2 aliphatic heterocycles. The summed E-state index contributed by atoms with van der Waals surface area (Å²) in [4.78, 5) is 26.1. The summed E-state index contributed by atoms with van der Waals surface area (Å²) in [6.07, 6.45) is 3.41. The highest BCUT2D eigenvalue weighted by Gasteiger charge is 2.28. The number of nitrogens with one attached hydrogen (secondary N) is 1. The van der Waals surface area contributed by atoms with E-state index >= 15 is 0 Å². The maximum atomic E-state index is 12.8. The molecule has 0 bridgehead atoms. The Kier molecular flexibility index (Phi) is 7.15. The number of benzene rings is 2. The van der Waals surface area contributed by atoms with Gasteiger partial charge in [-0.1, -0.05) is 0 Å². The molecule has 0 radical (unpaired) electrons. The van der Waals surface area contributed by atoms with Crippen LogP contribution in [0, 0.1) is 10.1 Å². The minimum absolute atomic E-state index is 0.129. The van der Waals surface area contributed by atoms with Gasteiger partial charge in [0.1, 0.15) is 5.69 Å². The number of rotatable bonds is 7. The maximum absolute atomic E-state index is 12.8. The number of methoxy groups -OCH3 is 1. The van der Waals surface area contributed by atoms with E-state index in [1.165, 1.54) is 34.6 Å². The van der Waals surface area contributed by atoms with E-state index in [-0.39, 0.29) is 22.3 Å². The third-order valence-corrected chi connectivity index (χ3v) is 8.28. The fourth-order valence-corrected chi connectivity index (χ4v) is 5.92. The highest BCUT2D eigenvalue weighted by molar-refractivity contribution is 7.89. The zero-order valence-electron chi connectivity index (χ0n) is 19.0. The van der Waals surface area contributed by atoms with Crippen LogP contribution < -0.4 is 10.2 Å². The second-order valence-electron chi connectivity index (χ2n) is 8.47. The molecule has 182 valence electrons. The number of amides is 1. The Hall–Kier alpha value is -3.02. The molecule has 11 heteroatoms. The number of nitrogens with zero attached hydrogens (tertiary/aromatic N) is 3. The van der Waals surface area contributed by atoms with E-state index in [0.717, 1.165) is 25.7 Å². The fraction of sp³-hybridized carbons (Fsp3) is 0.435. The van der Waals surface area contributed by atoms with Crippen molar-refractivity contribution >= 4 is 33.0 Å². The number of nitro benzene ring substituents is 1. The molecule has 2 saturated heterocycles. The molecule has 0 aromatic heterocycles. The van der Waals surface area contributed by atoms with Gasteiger partial charge in [-0.2, -0.15) is 4.31 Å². The molecule has 2 heterocycles. The van der Waals surface area contributed by atoms with Crippen LogP contribution >= 0.6 is 0 Å². The fourth-order valence-electron chi connectivity index (χ4n) is 4.40. The minimum atomic E-state index is -3.54. The Morgan fingerprint density at radius 1 is 1.06 bits per heavy atom. The normalized spacial score (nSPS) is 17.6. The van der Waals surface area contributed by atoms with Crippen molar-refractivity contribution in [1.82, 2.24) is 4.31 Å². The predicted octanol–water partition coefficient (Wildman–Crippen LogP) is 3.25. The molecular weight excluding hydrogens is 460 g/mol. The van der Waals surface area contributed by atoms with Crippen molar-refractivity contribution in [3.63, 3.8) is 0 Å². The summed E-state index contributed by atoms with van der Waals surface area (Å²) in [5.74, 6) is -0.511. The summed E-state index contributed by atoms with van der Waals surface area (Å²) < 4.78 is 32.1. The summed E-state index contributed by atoms with van der Waals surface area (Å²) in [6.45, 7) is 2.30. The smallest absolute Gasteiger partial charge is 0.293 e. The van der Waals surface area contributed by atoms with Crippen molar-refractivity contribution in [2.45, 2.75) is 36.7 Å². The molecule has 10 nitrogen and oxygen atoms in total. The van der Waals surface area contributed by atoms with E-state index < -0.39 is 20.9 Å². The van der Waals surface area contributed by atoms with E-state index in [2.05, 4.69) is 5.32 Å². The predicted molar refractivity (Wildman–Crippen MR) is 128 cm³/mol. The number of carbonyl (C=O) groups excluding carboxylic acids is 1. The van der Waals surface area contributed by atoms with Crippen LogP contribution in [-0.2, 0) is 14.8 Å². The first-order valence-corrected chi connectivity index (χ1v) is 12.7. The number of anilines is 2. The van der Waals surface area contributed by atoms with Gasteiger partial charge in [0.15, 0.2) is 0 Å². The summed E-state index contributed by atoms with van der Waals surface area (Å²) in [6, 6.07) is 10.4. The van der Waals surface area contributed by atoms with Crippen molar-refractivity contribution in [2.75, 3.05) is 43.5 Å². The zero-order valence-corrected chi connectivity index (χ0v) is 19.8. The quantitative estimate of drug-likeness (QED) is 0.469. The molecule has 2 aromatic rings. The summed E-state index contributed by atoms with van der Waals surface area (Å²) in [5, 5.41) is 14.4. The van der Waals surface area contributed by atoms with Gasteiger partial charge in [0.05, 0.1) is 15.9 Å². The van der Waals surface area contributed by atoms with Crippen LogP contribution in [0.3, 0.4) is 0 Å². The SMILES string of the molecule is COC1CCN(c2ccc(C(=O)Nc3ccc(S(=O)(=O)N4CCCC4)cc3)cc2[N+](=O)[O-])CC1. The number of nitro groups is 1. The van der Waals surface area contributed by atoms with E-state index in [9.17, 15) is 23.3 Å². The number of sulfonamides is 1. The molecule has 0 atom stereocenters. The molecule has 1 amide bonds. The lowest BCUT2D eigenvalue weighted by atomic mass is 10.1. The number of piperidine rings is 1. The van der Waals surface area contributed by atoms with Gasteiger partial charge in [0.2, 0.25) is 10.0 Å². The molecule has 0 saturated carbocycles. The van der Waals surface area contributed by atoms with Gasteiger partial charge >= 0.3 is 0 Å². The molecule has 34 heavy (non-hydrogen) atoms. The molecule has 1 N–H and O–H groups in total. The Bertz CT molecular complexity index is 1150. The molecule has 4 rings (SSSR count). The van der Waals surface area contributed by atoms with Gasteiger partial charge < -0.3 is 15.0 Å². The number of ether oxygens (including phenoxy) is 1. The van der Waals surface area contributed by atoms with E-state index in [1.807, 2.05) is 4.90 Å². The van der Waals surface area contributed by atoms with Gasteiger partial charge in [-0.15, -0.1) is 0 Å². The van der Waals surface area contributed by atoms with Crippen LogP contribution in [0.1, 0.15) is 36.0 Å². The van der Waals surface area contributed by atoms with Gasteiger partial charge in [-0.05, 0) is 62.1 Å². The van der Waals surface area contributed by atoms with Crippen LogP contribution in [0.15, 0.2) is 47.4 Å². The third kappa shape index (κ3) is 5.06. The van der Waals surface area contributed by atoms with Crippen molar-refractivity contribution < 1.29 is 22.9 Å². The summed E-state index contributed by atoms with van der Waals surface area (Å²) in [5.41, 5.74) is 0.901. The Morgan fingerprint density at radius 3 is 2.29 bits per heavy atom. The van der Waals surface area contributed by atoms with Crippen molar-refractivity contribution in [3.05, 3.63) is 58.1 Å². The maximum Gasteiger partial charge on any atom is 0.293 e. The second-order valence-corrected chi connectivity index (χ2v) is 10.4. The zero-order chi connectivity index (χ0) is 24.3.